The zero-order chi connectivity index (χ0) is 27.6. The van der Waals surface area contributed by atoms with Crippen LogP contribution in [0.2, 0.25) is 0 Å². The molecule has 0 bridgehead atoms. The van der Waals surface area contributed by atoms with Crippen LogP contribution >= 0.6 is 0 Å². The van der Waals surface area contributed by atoms with Crippen LogP contribution in [-0.4, -0.2) is 65.2 Å². The zero-order valence-corrected chi connectivity index (χ0v) is 22.4. The number of likely N-dealkylation sites (tertiary alicyclic amines) is 1. The number of ether oxygens (including phenoxy) is 3. The van der Waals surface area contributed by atoms with Crippen LogP contribution < -0.4 is 20.5 Å². The summed E-state index contributed by atoms with van der Waals surface area (Å²) in [5.74, 6) is 6.39. The maximum atomic E-state index is 12.3. The molecular formula is C28H34N4O6. The predicted octanol–water partition coefficient (Wildman–Crippen LogP) is 3.00. The van der Waals surface area contributed by atoms with Gasteiger partial charge in [0.15, 0.2) is 0 Å². The van der Waals surface area contributed by atoms with Crippen LogP contribution in [0.3, 0.4) is 0 Å². The number of hydrogen-bond acceptors (Lipinski definition) is 7. The minimum Gasteiger partial charge on any atom is -0.490 e. The van der Waals surface area contributed by atoms with Gasteiger partial charge in [0, 0.05) is 36.5 Å². The van der Waals surface area contributed by atoms with Crippen molar-refractivity contribution in [1.29, 1.82) is 0 Å². The molecular weight excluding hydrogens is 488 g/mol. The van der Waals surface area contributed by atoms with E-state index < -0.39 is 11.5 Å². The van der Waals surface area contributed by atoms with Crippen molar-refractivity contribution < 1.29 is 28.6 Å². The summed E-state index contributed by atoms with van der Waals surface area (Å²) >= 11 is 0. The van der Waals surface area contributed by atoms with E-state index in [0.29, 0.717) is 53.9 Å². The van der Waals surface area contributed by atoms with E-state index in [4.69, 9.17) is 19.9 Å². The van der Waals surface area contributed by atoms with Gasteiger partial charge in [0.25, 0.3) is 5.91 Å². The highest BCUT2D eigenvalue weighted by molar-refractivity contribution is 6.03. The summed E-state index contributed by atoms with van der Waals surface area (Å²) in [6, 6.07) is 3.25. The standard InChI is InChI=1S/C28H34N4O6/c1-16(2)37-23-11-21-20(10-22(23)25(29)34)18(12-30-26(21)36-15-19-8-9-24(33)31-19)7-6-17-13-32(14-17)27(35)38-28(3,4)5/h10-12,16-17,19H,8-9,13-15H2,1-5H3,(H2,29,34)(H,31,33)/t19-/m0/s1. The van der Waals surface area contributed by atoms with Crippen molar-refractivity contribution in [1.82, 2.24) is 15.2 Å². The van der Waals surface area contributed by atoms with Crippen molar-refractivity contribution in [3.8, 4) is 23.5 Å². The molecule has 38 heavy (non-hydrogen) atoms. The molecule has 0 aliphatic carbocycles. The predicted molar refractivity (Wildman–Crippen MR) is 141 cm³/mol. The molecule has 3 heterocycles. The molecule has 3 amide bonds. The molecule has 2 fully saturated rings. The fourth-order valence-corrected chi connectivity index (χ4v) is 4.21. The Bertz CT molecular complexity index is 1310. The number of nitrogens with zero attached hydrogens (tertiary/aromatic N) is 2. The second kappa shape index (κ2) is 10.8. The lowest BCUT2D eigenvalue weighted by molar-refractivity contribution is -0.119. The second-order valence-electron chi connectivity index (χ2n) is 10.9. The number of aromatic nitrogens is 1. The largest absolute Gasteiger partial charge is 0.490 e. The van der Waals surface area contributed by atoms with Crippen LogP contribution in [0.4, 0.5) is 4.79 Å². The van der Waals surface area contributed by atoms with Crippen LogP contribution in [-0.2, 0) is 9.53 Å². The number of fused-ring (bicyclic) bond motifs is 1. The first-order valence-electron chi connectivity index (χ1n) is 12.7. The van der Waals surface area contributed by atoms with E-state index >= 15 is 0 Å². The highest BCUT2D eigenvalue weighted by atomic mass is 16.6. The van der Waals surface area contributed by atoms with Crippen molar-refractivity contribution in [2.75, 3.05) is 19.7 Å². The molecule has 0 unspecified atom stereocenters. The quantitative estimate of drug-likeness (QED) is 0.557. The van der Waals surface area contributed by atoms with E-state index in [1.165, 1.54) is 0 Å². The Kier molecular flexibility index (Phi) is 7.67. The number of benzene rings is 1. The molecule has 0 saturated carbocycles. The number of primary amides is 1. The Morgan fingerprint density at radius 1 is 1.24 bits per heavy atom. The average molecular weight is 523 g/mol. The van der Waals surface area contributed by atoms with Gasteiger partial charge in [-0.3, -0.25) is 9.59 Å². The third-order valence-electron chi connectivity index (χ3n) is 6.03. The third-order valence-corrected chi connectivity index (χ3v) is 6.03. The minimum atomic E-state index is -0.624. The van der Waals surface area contributed by atoms with Gasteiger partial charge in [0.05, 0.1) is 29.2 Å². The maximum Gasteiger partial charge on any atom is 0.410 e. The zero-order valence-electron chi connectivity index (χ0n) is 22.4. The molecule has 10 heteroatoms. The Hall–Kier alpha value is -4.00. The molecule has 10 nitrogen and oxygen atoms in total. The molecule has 2 aromatic rings. The Morgan fingerprint density at radius 3 is 2.58 bits per heavy atom. The van der Waals surface area contributed by atoms with Crippen molar-refractivity contribution in [3.05, 3.63) is 29.5 Å². The van der Waals surface area contributed by atoms with Gasteiger partial charge in [0.2, 0.25) is 11.8 Å². The van der Waals surface area contributed by atoms with Gasteiger partial charge in [-0.2, -0.15) is 0 Å². The van der Waals surface area contributed by atoms with Gasteiger partial charge in [-0.15, -0.1) is 0 Å². The van der Waals surface area contributed by atoms with Gasteiger partial charge in [-0.05, 0) is 53.2 Å². The van der Waals surface area contributed by atoms with E-state index in [0.717, 1.165) is 0 Å². The molecule has 2 aliphatic rings. The number of carbonyl (C=O) groups excluding carboxylic acids is 3. The van der Waals surface area contributed by atoms with Crippen LogP contribution in [0.1, 0.15) is 63.4 Å². The summed E-state index contributed by atoms with van der Waals surface area (Å²) in [4.78, 5) is 42.1. The first kappa shape index (κ1) is 27.0. The van der Waals surface area contributed by atoms with Crippen molar-refractivity contribution in [2.45, 2.75) is 65.2 Å². The van der Waals surface area contributed by atoms with E-state index in [2.05, 4.69) is 22.1 Å². The third kappa shape index (κ3) is 6.46. The number of nitrogens with one attached hydrogen (secondary N) is 1. The van der Waals surface area contributed by atoms with E-state index in [1.54, 1.807) is 23.2 Å². The lowest BCUT2D eigenvalue weighted by Gasteiger charge is -2.37. The summed E-state index contributed by atoms with van der Waals surface area (Å²) in [5, 5.41) is 4.14. The van der Waals surface area contributed by atoms with Gasteiger partial charge in [-0.25, -0.2) is 9.78 Å². The fourth-order valence-electron chi connectivity index (χ4n) is 4.21. The fraction of sp³-hybridized carbons (Fsp3) is 0.500. The number of pyridine rings is 1. The summed E-state index contributed by atoms with van der Waals surface area (Å²) in [5.41, 5.74) is 5.94. The van der Waals surface area contributed by atoms with Crippen LogP contribution in [0.15, 0.2) is 18.3 Å². The van der Waals surface area contributed by atoms with Crippen molar-refractivity contribution >= 4 is 28.7 Å². The number of nitrogens with two attached hydrogens (primary N) is 1. The number of rotatable bonds is 6. The van der Waals surface area contributed by atoms with Crippen LogP contribution in [0.5, 0.6) is 11.6 Å². The lowest BCUT2D eigenvalue weighted by atomic mass is 9.99. The van der Waals surface area contributed by atoms with E-state index in [9.17, 15) is 14.4 Å². The summed E-state index contributed by atoms with van der Waals surface area (Å²) < 4.78 is 17.3. The molecule has 202 valence electrons. The molecule has 1 aromatic carbocycles. The molecule has 2 aliphatic heterocycles. The number of hydrogen-bond donors (Lipinski definition) is 2. The Morgan fingerprint density at radius 2 is 1.97 bits per heavy atom. The first-order valence-corrected chi connectivity index (χ1v) is 12.7. The van der Waals surface area contributed by atoms with Crippen molar-refractivity contribution in [2.24, 2.45) is 11.7 Å². The smallest absolute Gasteiger partial charge is 0.410 e. The lowest BCUT2D eigenvalue weighted by Crippen LogP contribution is -2.51. The second-order valence-corrected chi connectivity index (χ2v) is 10.9. The SMILES string of the molecule is CC(C)Oc1cc2c(OC[C@@H]3CCC(=O)N3)ncc(C#CC3CN(C(=O)OC(C)(C)C)C3)c2cc1C(N)=O. The van der Waals surface area contributed by atoms with Gasteiger partial charge in [-0.1, -0.05) is 11.8 Å². The van der Waals surface area contributed by atoms with Crippen LogP contribution in [0.25, 0.3) is 10.8 Å². The monoisotopic (exact) mass is 522 g/mol. The Labute approximate surface area is 222 Å². The minimum absolute atomic E-state index is 0.00184. The topological polar surface area (TPSA) is 133 Å². The molecule has 4 rings (SSSR count). The Balaban J connectivity index is 1.62. The molecule has 1 aromatic heterocycles. The summed E-state index contributed by atoms with van der Waals surface area (Å²) in [6.45, 7) is 10.4. The molecule has 1 atom stereocenters. The summed E-state index contributed by atoms with van der Waals surface area (Å²) in [6.07, 6.45) is 2.21. The molecule has 3 N–H and O–H groups in total. The maximum absolute atomic E-state index is 12.3. The highest BCUT2D eigenvalue weighted by Gasteiger charge is 2.32. The van der Waals surface area contributed by atoms with E-state index in [1.807, 2.05) is 34.6 Å². The number of carbonyl (C=O) groups is 3. The van der Waals surface area contributed by atoms with Gasteiger partial charge in [0.1, 0.15) is 18.0 Å². The average Bonchev–Trinajstić information content (AvgIpc) is 3.20. The molecule has 0 spiro atoms. The van der Waals surface area contributed by atoms with Gasteiger partial charge >= 0.3 is 6.09 Å². The van der Waals surface area contributed by atoms with Gasteiger partial charge < -0.3 is 30.2 Å². The van der Waals surface area contributed by atoms with Crippen LogP contribution in [0, 0.1) is 17.8 Å². The normalized spacial score (nSPS) is 17.5. The summed E-state index contributed by atoms with van der Waals surface area (Å²) in [7, 11) is 0. The molecule has 0 radical (unpaired) electrons. The first-order chi connectivity index (χ1) is 17.9. The highest BCUT2D eigenvalue weighted by Crippen LogP contribution is 2.34. The van der Waals surface area contributed by atoms with Crippen molar-refractivity contribution in [3.63, 3.8) is 0 Å². The number of amides is 3. The van der Waals surface area contributed by atoms with E-state index in [-0.39, 0.29) is 42.2 Å². The molecule has 2 saturated heterocycles.